The largest absolute Gasteiger partial charge is 0.481 e. The summed E-state index contributed by atoms with van der Waals surface area (Å²) in [5.74, 6) is -0.896. The van der Waals surface area contributed by atoms with Gasteiger partial charge in [0.15, 0.2) is 0 Å². The molecule has 0 amide bonds. The van der Waals surface area contributed by atoms with E-state index in [9.17, 15) is 4.79 Å². The van der Waals surface area contributed by atoms with Gasteiger partial charge in [-0.2, -0.15) is 0 Å². The van der Waals surface area contributed by atoms with Crippen molar-refractivity contribution in [1.82, 2.24) is 4.90 Å². The van der Waals surface area contributed by atoms with Gasteiger partial charge in [0.05, 0.1) is 5.92 Å². The second-order valence-electron chi connectivity index (χ2n) is 4.19. The van der Waals surface area contributed by atoms with Crippen molar-refractivity contribution in [2.45, 2.75) is 13.0 Å². The van der Waals surface area contributed by atoms with E-state index in [-0.39, 0.29) is 18.3 Å². The number of carboxylic acids is 1. The highest BCUT2D eigenvalue weighted by Gasteiger charge is 2.27. The third-order valence-corrected chi connectivity index (χ3v) is 3.15. The van der Waals surface area contributed by atoms with Gasteiger partial charge in [-0.25, -0.2) is 0 Å². The molecule has 0 bridgehead atoms. The molecule has 1 fully saturated rings. The number of hydrogen-bond acceptors (Lipinski definition) is 2. The van der Waals surface area contributed by atoms with E-state index in [1.54, 1.807) is 0 Å². The van der Waals surface area contributed by atoms with Gasteiger partial charge >= 0.3 is 5.97 Å². The van der Waals surface area contributed by atoms with Gasteiger partial charge in [0.25, 0.3) is 0 Å². The second-order valence-corrected chi connectivity index (χ2v) is 4.63. The van der Waals surface area contributed by atoms with Crippen molar-refractivity contribution < 1.29 is 9.90 Å². The Hall–Kier alpha value is -0.770. The number of halogens is 2. The maximum Gasteiger partial charge on any atom is 0.307 e. The van der Waals surface area contributed by atoms with Crippen LogP contribution >= 0.6 is 24.0 Å². The SMILES string of the molecule is Cl.O=C(O)C1CCN(Cc2cccc(Cl)c2)C1. The molecule has 0 aliphatic carbocycles. The molecule has 0 radical (unpaired) electrons. The number of benzene rings is 1. The molecule has 1 aromatic rings. The van der Waals surface area contributed by atoms with Crippen LogP contribution in [0, 0.1) is 5.92 Å². The summed E-state index contributed by atoms with van der Waals surface area (Å²) in [6.45, 7) is 2.27. The zero-order valence-corrected chi connectivity index (χ0v) is 10.9. The molecule has 1 saturated heterocycles. The molecule has 17 heavy (non-hydrogen) atoms. The van der Waals surface area contributed by atoms with Crippen molar-refractivity contribution >= 4 is 30.0 Å². The Morgan fingerprint density at radius 1 is 1.53 bits per heavy atom. The van der Waals surface area contributed by atoms with Gasteiger partial charge in [0, 0.05) is 18.1 Å². The molecule has 0 spiro atoms. The highest BCUT2D eigenvalue weighted by atomic mass is 35.5. The maximum atomic E-state index is 10.8. The van der Waals surface area contributed by atoms with Crippen molar-refractivity contribution in [2.24, 2.45) is 5.92 Å². The van der Waals surface area contributed by atoms with Gasteiger partial charge in [-0.15, -0.1) is 12.4 Å². The fourth-order valence-electron chi connectivity index (χ4n) is 2.07. The predicted octanol–water partition coefficient (Wildman–Crippen LogP) is 2.67. The highest BCUT2D eigenvalue weighted by Crippen LogP contribution is 2.20. The Balaban J connectivity index is 0.00000144. The van der Waals surface area contributed by atoms with Crippen LogP contribution in [-0.2, 0) is 11.3 Å². The van der Waals surface area contributed by atoms with Crippen LogP contribution in [0.3, 0.4) is 0 Å². The molecule has 5 heteroatoms. The van der Waals surface area contributed by atoms with Crippen molar-refractivity contribution in [3.63, 3.8) is 0 Å². The first-order valence-electron chi connectivity index (χ1n) is 5.35. The molecule has 1 aliphatic rings. The second kappa shape index (κ2) is 6.24. The number of carbonyl (C=O) groups is 1. The Morgan fingerprint density at radius 2 is 2.29 bits per heavy atom. The number of rotatable bonds is 3. The summed E-state index contributed by atoms with van der Waals surface area (Å²) < 4.78 is 0. The standard InChI is InChI=1S/C12H14ClNO2.ClH/c13-11-3-1-2-9(6-11)7-14-5-4-10(8-14)12(15)16;/h1-3,6,10H,4-5,7-8H2,(H,15,16);1H. The number of nitrogens with zero attached hydrogens (tertiary/aromatic N) is 1. The van der Waals surface area contributed by atoms with E-state index in [4.69, 9.17) is 16.7 Å². The summed E-state index contributed by atoms with van der Waals surface area (Å²) in [7, 11) is 0. The minimum atomic E-state index is -0.686. The third kappa shape index (κ3) is 3.87. The summed E-state index contributed by atoms with van der Waals surface area (Å²) >= 11 is 5.90. The van der Waals surface area contributed by atoms with Gasteiger partial charge < -0.3 is 5.11 Å². The van der Waals surface area contributed by atoms with Crippen molar-refractivity contribution in [3.05, 3.63) is 34.9 Å². The van der Waals surface area contributed by atoms with E-state index in [2.05, 4.69) is 4.90 Å². The van der Waals surface area contributed by atoms with E-state index in [0.29, 0.717) is 6.54 Å². The Bertz CT molecular complexity index is 398. The van der Waals surface area contributed by atoms with Crippen LogP contribution in [0.4, 0.5) is 0 Å². The lowest BCUT2D eigenvalue weighted by atomic mass is 10.1. The molecule has 1 aromatic carbocycles. The van der Waals surface area contributed by atoms with Gasteiger partial charge in [-0.1, -0.05) is 23.7 Å². The van der Waals surface area contributed by atoms with Crippen LogP contribution < -0.4 is 0 Å². The molecule has 2 rings (SSSR count). The summed E-state index contributed by atoms with van der Waals surface area (Å²) in [6, 6.07) is 7.70. The number of carboxylic acid groups (broad SMARTS) is 1. The number of hydrogen-bond donors (Lipinski definition) is 1. The molecule has 94 valence electrons. The first-order chi connectivity index (χ1) is 7.65. The molecule has 1 heterocycles. The van der Waals surface area contributed by atoms with Gasteiger partial charge in [0.2, 0.25) is 0 Å². The predicted molar refractivity (Wildman–Crippen MR) is 69.7 cm³/mol. The van der Waals surface area contributed by atoms with Crippen LogP contribution in [-0.4, -0.2) is 29.1 Å². The van der Waals surface area contributed by atoms with Crippen LogP contribution in [0.1, 0.15) is 12.0 Å². The summed E-state index contributed by atoms with van der Waals surface area (Å²) in [5.41, 5.74) is 1.14. The fourth-order valence-corrected chi connectivity index (χ4v) is 2.28. The Morgan fingerprint density at radius 3 is 2.88 bits per heavy atom. The van der Waals surface area contributed by atoms with Crippen molar-refractivity contribution in [2.75, 3.05) is 13.1 Å². The van der Waals surface area contributed by atoms with E-state index in [0.717, 1.165) is 30.1 Å². The number of aliphatic carboxylic acids is 1. The fraction of sp³-hybridized carbons (Fsp3) is 0.417. The van der Waals surface area contributed by atoms with Gasteiger partial charge in [0.1, 0.15) is 0 Å². The summed E-state index contributed by atoms with van der Waals surface area (Å²) in [4.78, 5) is 13.0. The Labute approximate surface area is 112 Å². The van der Waals surface area contributed by atoms with Crippen LogP contribution in [0.5, 0.6) is 0 Å². The van der Waals surface area contributed by atoms with Crippen molar-refractivity contribution in [3.8, 4) is 0 Å². The maximum absolute atomic E-state index is 10.8. The first-order valence-corrected chi connectivity index (χ1v) is 5.72. The lowest BCUT2D eigenvalue weighted by molar-refractivity contribution is -0.141. The quantitative estimate of drug-likeness (QED) is 0.922. The van der Waals surface area contributed by atoms with Crippen LogP contribution in [0.15, 0.2) is 24.3 Å². The van der Waals surface area contributed by atoms with E-state index in [1.807, 2.05) is 24.3 Å². The average molecular weight is 276 g/mol. The zero-order chi connectivity index (χ0) is 11.5. The molecular weight excluding hydrogens is 261 g/mol. The first kappa shape index (κ1) is 14.3. The lowest BCUT2D eigenvalue weighted by Crippen LogP contribution is -2.22. The minimum absolute atomic E-state index is 0. The van der Waals surface area contributed by atoms with Crippen LogP contribution in [0.25, 0.3) is 0 Å². The summed E-state index contributed by atoms with van der Waals surface area (Å²) in [6.07, 6.45) is 0.746. The van der Waals surface area contributed by atoms with Gasteiger partial charge in [-0.3, -0.25) is 9.69 Å². The zero-order valence-electron chi connectivity index (χ0n) is 9.30. The van der Waals surface area contributed by atoms with E-state index >= 15 is 0 Å². The normalized spacial score (nSPS) is 19.9. The van der Waals surface area contributed by atoms with E-state index in [1.165, 1.54) is 0 Å². The molecule has 1 unspecified atom stereocenters. The molecule has 1 N–H and O–H groups in total. The van der Waals surface area contributed by atoms with Crippen molar-refractivity contribution in [1.29, 1.82) is 0 Å². The number of likely N-dealkylation sites (tertiary alicyclic amines) is 1. The lowest BCUT2D eigenvalue weighted by Gasteiger charge is -2.15. The molecule has 1 atom stereocenters. The topological polar surface area (TPSA) is 40.5 Å². The molecule has 1 aliphatic heterocycles. The highest BCUT2D eigenvalue weighted by molar-refractivity contribution is 6.30. The molecular formula is C12H15Cl2NO2. The minimum Gasteiger partial charge on any atom is -0.481 e. The summed E-state index contributed by atoms with van der Waals surface area (Å²) in [5, 5.41) is 9.62. The van der Waals surface area contributed by atoms with Crippen LogP contribution in [0.2, 0.25) is 5.02 Å². The monoisotopic (exact) mass is 275 g/mol. The smallest absolute Gasteiger partial charge is 0.307 e. The average Bonchev–Trinajstić information content (AvgIpc) is 2.66. The molecule has 3 nitrogen and oxygen atoms in total. The Kier molecular flexibility index (Phi) is 5.25. The molecule has 0 saturated carbocycles. The molecule has 0 aromatic heterocycles. The third-order valence-electron chi connectivity index (χ3n) is 2.92. The van der Waals surface area contributed by atoms with E-state index < -0.39 is 5.97 Å². The van der Waals surface area contributed by atoms with Gasteiger partial charge in [-0.05, 0) is 30.7 Å².